The highest BCUT2D eigenvalue weighted by atomic mass is 16.5. The van der Waals surface area contributed by atoms with Crippen molar-refractivity contribution in [2.24, 2.45) is 4.99 Å². The van der Waals surface area contributed by atoms with Gasteiger partial charge in [-0.25, -0.2) is 9.79 Å². The number of aliphatic imine (C=N–C) groups is 1. The van der Waals surface area contributed by atoms with Gasteiger partial charge in [0.25, 0.3) is 0 Å². The molecule has 22 heavy (non-hydrogen) atoms. The van der Waals surface area contributed by atoms with Crippen molar-refractivity contribution < 1.29 is 29.0 Å². The second kappa shape index (κ2) is 8.45. The summed E-state index contributed by atoms with van der Waals surface area (Å²) in [4.78, 5) is 15.6. The summed E-state index contributed by atoms with van der Waals surface area (Å²) in [6.45, 7) is 3.87. The Morgan fingerprint density at radius 1 is 1.50 bits per heavy atom. The van der Waals surface area contributed by atoms with E-state index in [-0.39, 0.29) is 28.6 Å². The van der Waals surface area contributed by atoms with E-state index in [9.17, 15) is 15.1 Å². The molecule has 120 valence electrons. The van der Waals surface area contributed by atoms with Crippen LogP contribution < -0.4 is 9.58 Å². The third kappa shape index (κ3) is 4.62. The Bertz CT molecular complexity index is 585. The monoisotopic (exact) mass is 311 g/mol. The van der Waals surface area contributed by atoms with Crippen molar-refractivity contribution in [2.75, 3.05) is 20.3 Å². The maximum Gasteiger partial charge on any atom is 0.373 e. The lowest BCUT2D eigenvalue weighted by Gasteiger charge is -2.06. The first kappa shape index (κ1) is 17.2. The molecule has 1 heterocycles. The van der Waals surface area contributed by atoms with Gasteiger partial charge in [-0.3, -0.25) is 0 Å². The molecule has 0 unspecified atom stereocenters. The Morgan fingerprint density at radius 3 is 2.82 bits per heavy atom. The predicted molar refractivity (Wildman–Crippen MR) is 76.8 cm³/mol. The van der Waals surface area contributed by atoms with Crippen LogP contribution in [0.2, 0.25) is 0 Å². The van der Waals surface area contributed by atoms with E-state index in [1.54, 1.807) is 13.8 Å². The van der Waals surface area contributed by atoms with Gasteiger partial charge in [-0.1, -0.05) is 4.85 Å². The third-order valence-corrected chi connectivity index (χ3v) is 2.31. The van der Waals surface area contributed by atoms with Crippen LogP contribution in [0.4, 0.5) is 5.69 Å². The number of carbonyl (C=O) groups is 1. The molecule has 0 aliphatic heterocycles. The average Bonchev–Trinajstić information content (AvgIpc) is 2.49. The van der Waals surface area contributed by atoms with Gasteiger partial charge >= 0.3 is 11.8 Å². The smallest absolute Gasteiger partial charge is 0.373 e. The Kier molecular flexibility index (Phi) is 6.61. The number of nitrogens with zero attached hydrogens (tertiary/aromatic N) is 3. The van der Waals surface area contributed by atoms with Gasteiger partial charge in [-0.05, 0) is 13.8 Å². The first-order valence-corrected chi connectivity index (χ1v) is 6.43. The van der Waals surface area contributed by atoms with Crippen LogP contribution in [0.5, 0.6) is 5.88 Å². The van der Waals surface area contributed by atoms with Crippen molar-refractivity contribution in [3.63, 3.8) is 0 Å². The molecule has 0 fully saturated rings. The normalized spacial score (nSPS) is 11.5. The van der Waals surface area contributed by atoms with E-state index >= 15 is 0 Å². The van der Waals surface area contributed by atoms with Gasteiger partial charge in [0.05, 0.1) is 31.0 Å². The van der Waals surface area contributed by atoms with Gasteiger partial charge < -0.3 is 24.5 Å². The van der Waals surface area contributed by atoms with Gasteiger partial charge in [0.1, 0.15) is 5.69 Å². The highest BCUT2D eigenvalue weighted by Gasteiger charge is 2.18. The zero-order valence-corrected chi connectivity index (χ0v) is 12.5. The number of hydrogen-bond donors (Lipinski definition) is 1. The number of hydrogen-bond acceptors (Lipinski definition) is 8. The highest BCUT2D eigenvalue weighted by Crippen LogP contribution is 2.29. The lowest BCUT2D eigenvalue weighted by molar-refractivity contribution is -0.669. The van der Waals surface area contributed by atoms with Gasteiger partial charge in [0, 0.05) is 6.08 Å². The molecule has 1 aromatic heterocycles. The molecule has 0 bridgehead atoms. The minimum absolute atomic E-state index is 0.0867. The SMILES string of the molecule is CCOC=Nc1c(/C=C(/O)C(=O)OCC)c[n+]([O-])nc1OC. The summed E-state index contributed by atoms with van der Waals surface area (Å²) in [6, 6.07) is 0. The molecule has 0 saturated heterocycles. The van der Waals surface area contributed by atoms with E-state index in [0.29, 0.717) is 6.61 Å². The molecule has 9 nitrogen and oxygen atoms in total. The highest BCUT2D eigenvalue weighted by molar-refractivity contribution is 5.92. The van der Waals surface area contributed by atoms with Gasteiger partial charge in [0.15, 0.2) is 6.40 Å². The van der Waals surface area contributed by atoms with Crippen LogP contribution in [0, 0.1) is 5.21 Å². The molecule has 0 amide bonds. The van der Waals surface area contributed by atoms with Crippen LogP contribution in [0.1, 0.15) is 19.4 Å². The number of methoxy groups -OCH3 is 1. The second-order valence-electron chi connectivity index (χ2n) is 3.78. The number of aliphatic hydroxyl groups excluding tert-OH is 1. The van der Waals surface area contributed by atoms with E-state index in [4.69, 9.17) is 9.47 Å². The first-order chi connectivity index (χ1) is 10.5. The van der Waals surface area contributed by atoms with Crippen molar-refractivity contribution in [1.82, 2.24) is 5.10 Å². The molecule has 0 aliphatic carbocycles. The summed E-state index contributed by atoms with van der Waals surface area (Å²) in [5, 5.41) is 24.7. The molecular formula is C13H17N3O6. The second-order valence-corrected chi connectivity index (χ2v) is 3.78. The molecule has 1 N–H and O–H groups in total. The topological polar surface area (TPSA) is 117 Å². The molecule has 0 radical (unpaired) electrons. The van der Waals surface area contributed by atoms with Crippen LogP contribution in [0.3, 0.4) is 0 Å². The fourth-order valence-corrected chi connectivity index (χ4v) is 1.42. The van der Waals surface area contributed by atoms with E-state index in [0.717, 1.165) is 18.7 Å². The largest absolute Gasteiger partial charge is 0.594 e. The van der Waals surface area contributed by atoms with Crippen molar-refractivity contribution in [3.8, 4) is 5.88 Å². The zero-order valence-electron chi connectivity index (χ0n) is 12.5. The minimum atomic E-state index is -0.921. The van der Waals surface area contributed by atoms with Gasteiger partial charge in [-0.2, -0.15) is 0 Å². The first-order valence-electron chi connectivity index (χ1n) is 6.43. The minimum Gasteiger partial charge on any atom is -0.594 e. The molecule has 9 heteroatoms. The van der Waals surface area contributed by atoms with E-state index in [1.165, 1.54) is 7.11 Å². The fraction of sp³-hybridized carbons (Fsp3) is 0.385. The number of rotatable bonds is 7. The lowest BCUT2D eigenvalue weighted by atomic mass is 10.2. The van der Waals surface area contributed by atoms with Crippen LogP contribution in [-0.2, 0) is 14.3 Å². The summed E-state index contributed by atoms with van der Waals surface area (Å²) in [5.74, 6) is -1.69. The van der Waals surface area contributed by atoms with Crippen molar-refractivity contribution in [3.05, 3.63) is 22.7 Å². The number of carbonyl (C=O) groups excluding carboxylic acids is 1. The molecule has 0 spiro atoms. The van der Waals surface area contributed by atoms with Crippen molar-refractivity contribution in [1.29, 1.82) is 0 Å². The third-order valence-electron chi connectivity index (χ3n) is 2.31. The fourth-order valence-electron chi connectivity index (χ4n) is 1.42. The van der Waals surface area contributed by atoms with E-state index < -0.39 is 11.7 Å². The maximum atomic E-state index is 11.4. The van der Waals surface area contributed by atoms with Gasteiger partial charge in [-0.15, -0.1) is 0 Å². The van der Waals surface area contributed by atoms with Crippen molar-refractivity contribution >= 4 is 24.1 Å². The molecule has 0 saturated carbocycles. The van der Waals surface area contributed by atoms with E-state index in [2.05, 4.69) is 14.8 Å². The molecule has 0 aromatic carbocycles. The number of esters is 1. The van der Waals surface area contributed by atoms with Gasteiger partial charge in [0.2, 0.25) is 12.0 Å². The Morgan fingerprint density at radius 2 is 2.23 bits per heavy atom. The molecule has 0 aliphatic rings. The number of aliphatic hydroxyl groups is 1. The number of aromatic nitrogens is 2. The van der Waals surface area contributed by atoms with Crippen molar-refractivity contribution in [2.45, 2.75) is 13.8 Å². The zero-order chi connectivity index (χ0) is 16.5. The Balaban J connectivity index is 3.29. The lowest BCUT2D eigenvalue weighted by Crippen LogP contribution is -2.31. The maximum absolute atomic E-state index is 11.4. The average molecular weight is 311 g/mol. The van der Waals surface area contributed by atoms with Crippen LogP contribution in [-0.4, -0.2) is 42.9 Å². The summed E-state index contributed by atoms with van der Waals surface area (Å²) in [5.41, 5.74) is 0.238. The molecule has 1 rings (SSSR count). The Labute approximate surface area is 127 Å². The molecule has 1 aromatic rings. The predicted octanol–water partition coefficient (Wildman–Crippen LogP) is 0.882. The van der Waals surface area contributed by atoms with Crippen LogP contribution in [0.25, 0.3) is 6.08 Å². The molecular weight excluding hydrogens is 294 g/mol. The summed E-state index contributed by atoms with van der Waals surface area (Å²) >= 11 is 0. The van der Waals surface area contributed by atoms with E-state index in [1.807, 2.05) is 0 Å². The standard InChI is InChI=1S/C13H17N3O6/c1-4-21-8-14-11-9(6-10(17)13(18)22-5-2)7-16(19)15-12(11)20-3/h6-8,17H,4-5H2,1-3H3/b10-6+,14-8?. The van der Waals surface area contributed by atoms with Crippen LogP contribution >= 0.6 is 0 Å². The quantitative estimate of drug-likeness (QED) is 0.151. The summed E-state index contributed by atoms with van der Waals surface area (Å²) in [6.07, 6.45) is 3.21. The Hall–Kier alpha value is -2.84. The van der Waals surface area contributed by atoms with Crippen LogP contribution in [0.15, 0.2) is 16.9 Å². The summed E-state index contributed by atoms with van der Waals surface area (Å²) in [7, 11) is 1.31. The summed E-state index contributed by atoms with van der Waals surface area (Å²) < 4.78 is 14.6. The number of ether oxygens (including phenoxy) is 3. The molecule has 0 atom stereocenters.